The van der Waals surface area contributed by atoms with E-state index < -0.39 is 0 Å². The van der Waals surface area contributed by atoms with Gasteiger partial charge in [-0.3, -0.25) is 9.59 Å². The molecule has 1 aliphatic carbocycles. The van der Waals surface area contributed by atoms with E-state index in [9.17, 15) is 9.59 Å². The molecule has 5 rings (SSSR count). The number of nitrogens with zero attached hydrogens (tertiary/aromatic N) is 1. The number of aromatic nitrogens is 1. The van der Waals surface area contributed by atoms with E-state index in [-0.39, 0.29) is 11.2 Å². The van der Waals surface area contributed by atoms with E-state index in [1.54, 1.807) is 6.26 Å². The van der Waals surface area contributed by atoms with E-state index in [1.165, 1.54) is 0 Å². The minimum atomic E-state index is -0.0932. The maximum Gasteiger partial charge on any atom is 0.232 e. The van der Waals surface area contributed by atoms with E-state index in [0.29, 0.717) is 35.9 Å². The van der Waals surface area contributed by atoms with Gasteiger partial charge < -0.3 is 8.98 Å². The smallest absolute Gasteiger partial charge is 0.232 e. The van der Waals surface area contributed by atoms with Crippen LogP contribution in [0.4, 0.5) is 0 Å². The van der Waals surface area contributed by atoms with Gasteiger partial charge in [0.2, 0.25) is 5.43 Å². The first kappa shape index (κ1) is 11.1. The van der Waals surface area contributed by atoms with E-state index >= 15 is 0 Å². The van der Waals surface area contributed by atoms with Gasteiger partial charge in [-0.1, -0.05) is 12.2 Å². The normalized spacial score (nSPS) is 16.1. The van der Waals surface area contributed by atoms with Crippen molar-refractivity contribution in [2.45, 2.75) is 19.4 Å². The molecule has 2 aliphatic rings. The second kappa shape index (κ2) is 3.52. The van der Waals surface area contributed by atoms with Crippen molar-refractivity contribution in [2.24, 2.45) is 0 Å². The van der Waals surface area contributed by atoms with Gasteiger partial charge in [0, 0.05) is 24.1 Å². The van der Waals surface area contributed by atoms with Crippen LogP contribution in [0.2, 0.25) is 0 Å². The Hall–Kier alpha value is -2.62. The Balaban J connectivity index is 2.09. The molecular formula is C17H11NO3. The van der Waals surface area contributed by atoms with Crippen molar-refractivity contribution in [3.05, 3.63) is 51.4 Å². The van der Waals surface area contributed by atoms with Crippen LogP contribution in [0.3, 0.4) is 0 Å². The van der Waals surface area contributed by atoms with Gasteiger partial charge in [0.15, 0.2) is 11.4 Å². The molecule has 4 nitrogen and oxygen atoms in total. The van der Waals surface area contributed by atoms with Crippen LogP contribution >= 0.6 is 0 Å². The monoisotopic (exact) mass is 277 g/mol. The number of ketones is 1. The van der Waals surface area contributed by atoms with Crippen molar-refractivity contribution in [1.82, 2.24) is 4.57 Å². The van der Waals surface area contributed by atoms with Crippen molar-refractivity contribution in [3.63, 3.8) is 0 Å². The molecule has 0 bridgehead atoms. The summed E-state index contributed by atoms with van der Waals surface area (Å²) in [6, 6.07) is 3.76. The van der Waals surface area contributed by atoms with Gasteiger partial charge in [0.1, 0.15) is 6.26 Å². The molecule has 0 N–H and O–H groups in total. The Morgan fingerprint density at radius 1 is 1.14 bits per heavy atom. The van der Waals surface area contributed by atoms with Gasteiger partial charge in [-0.2, -0.15) is 0 Å². The number of pyridine rings is 1. The molecule has 21 heavy (non-hydrogen) atoms. The Bertz CT molecular complexity index is 1050. The lowest BCUT2D eigenvalue weighted by Gasteiger charge is -2.15. The van der Waals surface area contributed by atoms with E-state index in [4.69, 9.17) is 4.42 Å². The SMILES string of the molecule is O=C1CCc2c1ccc1c2c(=O)c2occ3c2n1CC=C3. The Kier molecular flexibility index (Phi) is 1.86. The summed E-state index contributed by atoms with van der Waals surface area (Å²) in [6.07, 6.45) is 6.81. The summed E-state index contributed by atoms with van der Waals surface area (Å²) >= 11 is 0. The topological polar surface area (TPSA) is 52.2 Å². The highest BCUT2D eigenvalue weighted by Gasteiger charge is 2.26. The van der Waals surface area contributed by atoms with Crippen LogP contribution in [-0.2, 0) is 13.0 Å². The lowest BCUT2D eigenvalue weighted by Crippen LogP contribution is -2.13. The number of hydrogen-bond acceptors (Lipinski definition) is 3. The van der Waals surface area contributed by atoms with Gasteiger partial charge in [-0.15, -0.1) is 0 Å². The molecule has 0 saturated carbocycles. The van der Waals surface area contributed by atoms with E-state index in [2.05, 4.69) is 10.6 Å². The minimum absolute atomic E-state index is 0.0932. The zero-order valence-electron chi connectivity index (χ0n) is 11.2. The molecule has 3 heterocycles. The third-order valence-corrected chi connectivity index (χ3v) is 4.57. The fraction of sp³-hybridized carbons (Fsp3) is 0.176. The fourth-order valence-electron chi connectivity index (χ4n) is 3.64. The minimum Gasteiger partial charge on any atom is -0.458 e. The van der Waals surface area contributed by atoms with E-state index in [1.807, 2.05) is 18.2 Å². The van der Waals surface area contributed by atoms with Gasteiger partial charge in [0.05, 0.1) is 16.4 Å². The first-order valence-electron chi connectivity index (χ1n) is 7.05. The van der Waals surface area contributed by atoms with Crippen LogP contribution in [-0.4, -0.2) is 10.4 Å². The van der Waals surface area contributed by atoms with Crippen molar-refractivity contribution >= 4 is 33.9 Å². The molecule has 0 atom stereocenters. The molecular weight excluding hydrogens is 266 g/mol. The van der Waals surface area contributed by atoms with Crippen LogP contribution in [0.5, 0.6) is 0 Å². The highest BCUT2D eigenvalue weighted by molar-refractivity contribution is 6.07. The number of furan rings is 1. The highest BCUT2D eigenvalue weighted by atomic mass is 16.3. The Morgan fingerprint density at radius 2 is 2.05 bits per heavy atom. The number of hydrogen-bond donors (Lipinski definition) is 0. The summed E-state index contributed by atoms with van der Waals surface area (Å²) in [7, 11) is 0. The molecule has 0 radical (unpaired) electrons. The molecule has 0 amide bonds. The maximum atomic E-state index is 12.8. The van der Waals surface area contributed by atoms with Crippen LogP contribution in [0, 0.1) is 0 Å². The lowest BCUT2D eigenvalue weighted by molar-refractivity contribution is 0.0994. The average molecular weight is 277 g/mol. The summed E-state index contributed by atoms with van der Waals surface area (Å²) in [5, 5.41) is 0.655. The Morgan fingerprint density at radius 3 is 2.95 bits per heavy atom. The lowest BCUT2D eigenvalue weighted by atomic mass is 10.0. The van der Waals surface area contributed by atoms with E-state index in [0.717, 1.165) is 22.2 Å². The van der Waals surface area contributed by atoms with Crippen LogP contribution in [0.1, 0.15) is 27.9 Å². The van der Waals surface area contributed by atoms with Gasteiger partial charge >= 0.3 is 0 Å². The molecule has 1 aromatic carbocycles. The van der Waals surface area contributed by atoms with Gasteiger partial charge in [0.25, 0.3) is 0 Å². The third-order valence-electron chi connectivity index (χ3n) is 4.57. The van der Waals surface area contributed by atoms with Crippen molar-refractivity contribution < 1.29 is 9.21 Å². The number of carbonyl (C=O) groups is 1. The molecule has 0 unspecified atom stereocenters. The second-order valence-electron chi connectivity index (χ2n) is 5.62. The first-order valence-corrected chi connectivity index (χ1v) is 7.05. The Labute approximate surface area is 119 Å². The zero-order valence-corrected chi connectivity index (χ0v) is 11.2. The first-order chi connectivity index (χ1) is 10.3. The summed E-state index contributed by atoms with van der Waals surface area (Å²) < 4.78 is 7.62. The predicted octanol–water partition coefficient (Wildman–Crippen LogP) is 2.90. The zero-order chi connectivity index (χ0) is 14.1. The van der Waals surface area contributed by atoms with Gasteiger partial charge in [-0.25, -0.2) is 0 Å². The second-order valence-corrected chi connectivity index (χ2v) is 5.62. The highest BCUT2D eigenvalue weighted by Crippen LogP contribution is 2.33. The summed E-state index contributed by atoms with van der Waals surface area (Å²) in [5.41, 5.74) is 4.59. The standard InChI is InChI=1S/C17H11NO3/c19-13-6-4-11-10(13)3-5-12-14(11)16(20)17-15-9(8-21-17)2-1-7-18(12)15/h1-3,5,8H,4,6-7H2. The summed E-state index contributed by atoms with van der Waals surface area (Å²) in [6.45, 7) is 0.715. The maximum absolute atomic E-state index is 12.8. The summed E-state index contributed by atoms with van der Waals surface area (Å²) in [4.78, 5) is 24.7. The van der Waals surface area contributed by atoms with Crippen LogP contribution in [0.15, 0.2) is 33.7 Å². The van der Waals surface area contributed by atoms with Crippen LogP contribution < -0.4 is 5.43 Å². The molecule has 4 heteroatoms. The van der Waals surface area contributed by atoms with Crippen molar-refractivity contribution in [1.29, 1.82) is 0 Å². The number of fused-ring (bicyclic) bond motifs is 4. The van der Waals surface area contributed by atoms with Gasteiger partial charge in [-0.05, 0) is 24.1 Å². The number of benzene rings is 1. The predicted molar refractivity (Wildman–Crippen MR) is 79.7 cm³/mol. The fourth-order valence-corrected chi connectivity index (χ4v) is 3.64. The number of aryl methyl sites for hydroxylation is 1. The molecule has 3 aromatic rings. The largest absolute Gasteiger partial charge is 0.458 e. The van der Waals surface area contributed by atoms with Crippen molar-refractivity contribution in [2.75, 3.05) is 0 Å². The van der Waals surface area contributed by atoms with Crippen molar-refractivity contribution in [3.8, 4) is 0 Å². The molecule has 0 fully saturated rings. The van der Waals surface area contributed by atoms with Crippen LogP contribution in [0.25, 0.3) is 28.1 Å². The average Bonchev–Trinajstić information content (AvgIpc) is 3.09. The summed E-state index contributed by atoms with van der Waals surface area (Å²) in [5.74, 6) is 0.130. The quantitative estimate of drug-likeness (QED) is 0.635. The molecule has 1 aliphatic heterocycles. The number of Topliss-reactive ketones (excluding diaryl/α,β-unsaturated/α-hetero) is 1. The molecule has 0 spiro atoms. The molecule has 102 valence electrons. The third kappa shape index (κ3) is 1.21. The number of carbonyl (C=O) groups excluding carboxylic acids is 1. The molecule has 2 aromatic heterocycles. The number of allylic oxidation sites excluding steroid dienone is 1. The molecule has 0 saturated heterocycles. The number of rotatable bonds is 0.